The molecule has 0 fully saturated rings. The molecule has 0 amide bonds. The molecule has 2 aromatic heterocycles. The lowest BCUT2D eigenvalue weighted by Gasteiger charge is -2.21. The second-order valence-corrected chi connectivity index (χ2v) is 7.88. The minimum atomic E-state index is 0.627. The molecular weight excluding hydrogens is 388 g/mol. The van der Waals surface area contributed by atoms with Gasteiger partial charge < -0.3 is 19.3 Å². The van der Waals surface area contributed by atoms with Gasteiger partial charge in [-0.1, -0.05) is 6.07 Å². The Morgan fingerprint density at radius 2 is 1.97 bits per heavy atom. The van der Waals surface area contributed by atoms with Crippen molar-refractivity contribution < 1.29 is 9.47 Å². The summed E-state index contributed by atoms with van der Waals surface area (Å²) in [4.78, 5) is 13.1. The lowest BCUT2D eigenvalue weighted by atomic mass is 10.1. The van der Waals surface area contributed by atoms with Crippen molar-refractivity contribution >= 4 is 16.7 Å². The summed E-state index contributed by atoms with van der Waals surface area (Å²) < 4.78 is 17.5. The Morgan fingerprint density at radius 1 is 1.10 bits per heavy atom. The summed E-state index contributed by atoms with van der Waals surface area (Å²) in [6.45, 7) is 4.23. The molecule has 0 N–H and O–H groups in total. The molecule has 3 heterocycles. The van der Waals surface area contributed by atoms with E-state index in [1.165, 1.54) is 17.1 Å². The highest BCUT2D eigenvalue weighted by Crippen LogP contribution is 2.30. The number of benzene rings is 1. The highest BCUT2D eigenvalue weighted by atomic mass is 32.1. The van der Waals surface area contributed by atoms with Gasteiger partial charge in [0.2, 0.25) is 11.1 Å². The van der Waals surface area contributed by atoms with Gasteiger partial charge in [-0.05, 0) is 44.1 Å². The van der Waals surface area contributed by atoms with Gasteiger partial charge in [-0.2, -0.15) is 9.36 Å². The molecule has 0 bridgehead atoms. The van der Waals surface area contributed by atoms with Crippen molar-refractivity contribution in [1.82, 2.24) is 23.8 Å². The van der Waals surface area contributed by atoms with E-state index >= 15 is 0 Å². The highest BCUT2D eigenvalue weighted by Gasteiger charge is 2.12. The first-order chi connectivity index (χ1) is 14.2. The molecule has 3 aromatic rings. The van der Waals surface area contributed by atoms with Crippen LogP contribution in [0.2, 0.25) is 0 Å². The first kappa shape index (κ1) is 19.7. The highest BCUT2D eigenvalue weighted by molar-refractivity contribution is 7.09. The average molecular weight is 415 g/mol. The zero-order valence-electron chi connectivity index (χ0n) is 16.8. The third-order valence-corrected chi connectivity index (χ3v) is 5.71. The van der Waals surface area contributed by atoms with Gasteiger partial charge in [0.15, 0.2) is 11.5 Å². The zero-order chi connectivity index (χ0) is 20.1. The second kappa shape index (κ2) is 9.23. The molecule has 154 valence electrons. The number of ether oxygens (including phenoxy) is 2. The Morgan fingerprint density at radius 3 is 2.79 bits per heavy atom. The van der Waals surface area contributed by atoms with Gasteiger partial charge in [0, 0.05) is 44.1 Å². The van der Waals surface area contributed by atoms with E-state index in [9.17, 15) is 0 Å². The summed E-state index contributed by atoms with van der Waals surface area (Å²) in [5.74, 6) is 2.39. The number of likely N-dealkylation sites (N-methyl/N-ethyl adjacent to an activating group) is 1. The molecule has 0 unspecified atom stereocenters. The van der Waals surface area contributed by atoms with Crippen molar-refractivity contribution in [2.45, 2.75) is 12.8 Å². The van der Waals surface area contributed by atoms with Gasteiger partial charge in [-0.15, -0.1) is 0 Å². The third kappa shape index (κ3) is 5.04. The molecule has 1 aliphatic heterocycles. The first-order valence-electron chi connectivity index (χ1n) is 9.79. The molecule has 0 saturated carbocycles. The van der Waals surface area contributed by atoms with Gasteiger partial charge in [0.1, 0.15) is 19.5 Å². The smallest absolute Gasteiger partial charge is 0.248 e. The van der Waals surface area contributed by atoms with E-state index in [1.54, 1.807) is 12.5 Å². The summed E-state index contributed by atoms with van der Waals surface area (Å²) in [6, 6.07) is 6.24. The predicted molar refractivity (Wildman–Crippen MR) is 114 cm³/mol. The topological polar surface area (TPSA) is 68.5 Å². The van der Waals surface area contributed by atoms with Crippen LogP contribution in [0.1, 0.15) is 12.0 Å². The van der Waals surface area contributed by atoms with Crippen LogP contribution in [0.3, 0.4) is 0 Å². The number of anilines is 1. The average Bonchev–Trinajstić information content (AvgIpc) is 3.44. The lowest BCUT2D eigenvalue weighted by Crippen LogP contribution is -2.27. The van der Waals surface area contributed by atoms with E-state index < -0.39 is 0 Å². The van der Waals surface area contributed by atoms with Gasteiger partial charge >= 0.3 is 0 Å². The summed E-state index contributed by atoms with van der Waals surface area (Å²) in [5, 5.41) is 0.924. The molecule has 1 aliphatic rings. The Labute approximate surface area is 174 Å². The molecular formula is C20H26N6O2S. The van der Waals surface area contributed by atoms with Gasteiger partial charge in [-0.25, -0.2) is 4.98 Å². The van der Waals surface area contributed by atoms with Crippen LogP contribution in [0.15, 0.2) is 36.9 Å². The van der Waals surface area contributed by atoms with Crippen LogP contribution in [0.5, 0.6) is 11.5 Å². The number of hydrogen-bond acceptors (Lipinski definition) is 8. The predicted octanol–water partition coefficient (Wildman–Crippen LogP) is 2.50. The molecule has 0 aliphatic carbocycles. The summed E-state index contributed by atoms with van der Waals surface area (Å²) >= 11 is 1.41. The van der Waals surface area contributed by atoms with Gasteiger partial charge in [0.25, 0.3) is 0 Å². The number of rotatable bonds is 9. The molecule has 0 spiro atoms. The molecule has 0 radical (unpaired) electrons. The number of imidazole rings is 1. The number of aromatic nitrogens is 4. The van der Waals surface area contributed by atoms with Gasteiger partial charge in [-0.3, -0.25) is 4.57 Å². The lowest BCUT2D eigenvalue weighted by molar-refractivity contribution is 0.171. The zero-order valence-corrected chi connectivity index (χ0v) is 17.6. The minimum Gasteiger partial charge on any atom is -0.486 e. The van der Waals surface area contributed by atoms with Crippen LogP contribution < -0.4 is 14.4 Å². The van der Waals surface area contributed by atoms with Gasteiger partial charge in [0.05, 0.1) is 0 Å². The van der Waals surface area contributed by atoms with Crippen LogP contribution in [0.4, 0.5) is 5.13 Å². The maximum Gasteiger partial charge on any atom is 0.248 e. The van der Waals surface area contributed by atoms with Crippen LogP contribution in [-0.2, 0) is 6.42 Å². The number of nitrogens with zero attached hydrogens (tertiary/aromatic N) is 6. The molecule has 29 heavy (non-hydrogen) atoms. The third-order valence-electron chi connectivity index (χ3n) is 4.89. The van der Waals surface area contributed by atoms with E-state index in [4.69, 9.17) is 9.47 Å². The largest absolute Gasteiger partial charge is 0.486 e. The molecule has 1 aromatic carbocycles. The van der Waals surface area contributed by atoms with Crippen LogP contribution in [0, 0.1) is 0 Å². The number of fused-ring (bicyclic) bond motifs is 1. The maximum absolute atomic E-state index is 5.67. The van der Waals surface area contributed by atoms with Crippen LogP contribution in [0.25, 0.3) is 5.95 Å². The molecule has 0 saturated heterocycles. The van der Waals surface area contributed by atoms with E-state index in [2.05, 4.69) is 50.4 Å². The standard InChI is InChI=1S/C20H26N6O2S/c1-24(10-6-16-4-5-17-18(14-16)28-13-12-27-17)8-3-9-25(2)20-22-19(23-29-20)26-11-7-21-15-26/h4-5,7,11,14-15H,3,6,8-10,12-13H2,1-2H3. The van der Waals surface area contributed by atoms with Crippen molar-refractivity contribution in [3.8, 4) is 17.4 Å². The molecule has 4 rings (SSSR count). The normalized spacial score (nSPS) is 13.1. The minimum absolute atomic E-state index is 0.627. The van der Waals surface area contributed by atoms with E-state index in [0.717, 1.165) is 49.1 Å². The van der Waals surface area contributed by atoms with E-state index in [0.29, 0.717) is 19.2 Å². The van der Waals surface area contributed by atoms with Crippen molar-refractivity contribution in [3.63, 3.8) is 0 Å². The Bertz CT molecular complexity index is 914. The fraction of sp³-hybridized carbons (Fsp3) is 0.450. The Hall–Kier alpha value is -2.65. The maximum atomic E-state index is 5.67. The Balaban J connectivity index is 1.19. The van der Waals surface area contributed by atoms with E-state index in [-0.39, 0.29) is 0 Å². The van der Waals surface area contributed by atoms with Crippen LogP contribution >= 0.6 is 11.5 Å². The summed E-state index contributed by atoms with van der Waals surface area (Å²) in [6.07, 6.45) is 7.35. The first-order valence-corrected chi connectivity index (χ1v) is 10.6. The molecule has 9 heteroatoms. The van der Waals surface area contributed by atoms with Crippen LogP contribution in [-0.4, -0.2) is 70.8 Å². The summed E-state index contributed by atoms with van der Waals surface area (Å²) in [7, 11) is 4.23. The van der Waals surface area contributed by atoms with Crippen molar-refractivity contribution in [2.75, 3.05) is 51.8 Å². The second-order valence-electron chi connectivity index (χ2n) is 7.15. The molecule has 0 atom stereocenters. The van der Waals surface area contributed by atoms with Crippen molar-refractivity contribution in [2.24, 2.45) is 0 Å². The van der Waals surface area contributed by atoms with Crippen molar-refractivity contribution in [3.05, 3.63) is 42.5 Å². The van der Waals surface area contributed by atoms with Crippen molar-refractivity contribution in [1.29, 1.82) is 0 Å². The van der Waals surface area contributed by atoms with E-state index in [1.807, 2.05) is 16.8 Å². The fourth-order valence-corrected chi connectivity index (χ4v) is 3.85. The molecule has 8 nitrogen and oxygen atoms in total. The number of hydrogen-bond donors (Lipinski definition) is 0. The summed E-state index contributed by atoms with van der Waals surface area (Å²) in [5.41, 5.74) is 1.28. The quantitative estimate of drug-likeness (QED) is 0.533. The Kier molecular flexibility index (Phi) is 6.26. The monoisotopic (exact) mass is 414 g/mol. The fourth-order valence-electron chi connectivity index (χ4n) is 3.19. The SMILES string of the molecule is CN(CCCN(C)c1nc(-n2ccnc2)ns1)CCc1ccc2c(c1)OCCO2.